The Kier molecular flexibility index (Phi) is 5.82. The van der Waals surface area contributed by atoms with Gasteiger partial charge in [0.15, 0.2) is 0 Å². The number of aromatic nitrogens is 1. The summed E-state index contributed by atoms with van der Waals surface area (Å²) in [4.78, 5) is 16.4. The van der Waals surface area contributed by atoms with Crippen molar-refractivity contribution in [3.63, 3.8) is 0 Å². The first-order valence-corrected chi connectivity index (χ1v) is 8.85. The van der Waals surface area contributed by atoms with Gasteiger partial charge in [-0.3, -0.25) is 4.79 Å². The Hall–Kier alpha value is -1.92. The fourth-order valence-corrected chi connectivity index (χ4v) is 3.04. The molecular formula is C18H20BrN3O2. The first kappa shape index (κ1) is 16.9. The molecule has 1 atom stereocenters. The molecular weight excluding hydrogens is 370 g/mol. The van der Waals surface area contributed by atoms with Crippen molar-refractivity contribution >= 4 is 33.3 Å². The number of halogens is 1. The van der Waals surface area contributed by atoms with Crippen molar-refractivity contribution in [2.45, 2.75) is 25.4 Å². The van der Waals surface area contributed by atoms with Gasteiger partial charge in [0.2, 0.25) is 5.91 Å². The third-order valence-corrected chi connectivity index (χ3v) is 4.67. The van der Waals surface area contributed by atoms with E-state index in [4.69, 9.17) is 4.74 Å². The van der Waals surface area contributed by atoms with E-state index in [0.29, 0.717) is 12.2 Å². The Morgan fingerprint density at radius 2 is 2.17 bits per heavy atom. The summed E-state index contributed by atoms with van der Waals surface area (Å²) in [5.41, 5.74) is 1.87. The SMILES string of the molecule is O=C(Cc1ccccc1Br)Nc1ccc(NCC2CCCO2)cn1. The van der Waals surface area contributed by atoms with Gasteiger partial charge in [0.1, 0.15) is 5.82 Å². The van der Waals surface area contributed by atoms with Crippen LogP contribution in [0.15, 0.2) is 47.1 Å². The zero-order valence-corrected chi connectivity index (χ0v) is 14.9. The molecule has 126 valence electrons. The number of nitrogens with zero attached hydrogens (tertiary/aromatic N) is 1. The fraction of sp³-hybridized carbons (Fsp3) is 0.333. The molecule has 5 nitrogen and oxygen atoms in total. The van der Waals surface area contributed by atoms with E-state index < -0.39 is 0 Å². The highest BCUT2D eigenvalue weighted by atomic mass is 79.9. The van der Waals surface area contributed by atoms with E-state index in [-0.39, 0.29) is 12.0 Å². The maximum atomic E-state index is 12.1. The largest absolute Gasteiger partial charge is 0.381 e. The highest BCUT2D eigenvalue weighted by Gasteiger charge is 2.14. The van der Waals surface area contributed by atoms with Crippen LogP contribution in [0.2, 0.25) is 0 Å². The predicted molar refractivity (Wildman–Crippen MR) is 98.2 cm³/mol. The summed E-state index contributed by atoms with van der Waals surface area (Å²) >= 11 is 3.45. The van der Waals surface area contributed by atoms with Gasteiger partial charge >= 0.3 is 0 Å². The van der Waals surface area contributed by atoms with Crippen molar-refractivity contribution in [3.05, 3.63) is 52.6 Å². The lowest BCUT2D eigenvalue weighted by Crippen LogP contribution is -2.18. The number of carbonyl (C=O) groups is 1. The number of anilines is 2. The van der Waals surface area contributed by atoms with E-state index >= 15 is 0 Å². The van der Waals surface area contributed by atoms with Gasteiger partial charge < -0.3 is 15.4 Å². The monoisotopic (exact) mass is 389 g/mol. The molecule has 6 heteroatoms. The van der Waals surface area contributed by atoms with Crippen LogP contribution in [-0.4, -0.2) is 30.1 Å². The quantitative estimate of drug-likeness (QED) is 0.791. The molecule has 1 fully saturated rings. The standard InChI is InChI=1S/C18H20BrN3O2/c19-16-6-2-1-4-13(16)10-18(23)22-17-8-7-14(11-21-17)20-12-15-5-3-9-24-15/h1-2,4,6-8,11,15,20H,3,5,9-10,12H2,(H,21,22,23). The predicted octanol–water partition coefficient (Wildman–Crippen LogP) is 3.62. The molecule has 0 saturated carbocycles. The number of nitrogens with one attached hydrogen (secondary N) is 2. The molecule has 1 saturated heterocycles. The van der Waals surface area contributed by atoms with E-state index in [1.807, 2.05) is 30.3 Å². The van der Waals surface area contributed by atoms with Crippen molar-refractivity contribution in [3.8, 4) is 0 Å². The number of hydrogen-bond acceptors (Lipinski definition) is 4. The van der Waals surface area contributed by atoms with Gasteiger partial charge in [0.05, 0.1) is 24.4 Å². The van der Waals surface area contributed by atoms with Gasteiger partial charge in [-0.05, 0) is 36.6 Å². The second-order valence-corrected chi connectivity index (χ2v) is 6.62. The van der Waals surface area contributed by atoms with E-state index in [1.165, 1.54) is 0 Å². The highest BCUT2D eigenvalue weighted by Crippen LogP contribution is 2.17. The minimum absolute atomic E-state index is 0.0885. The summed E-state index contributed by atoms with van der Waals surface area (Å²) in [6.07, 6.45) is 4.55. The van der Waals surface area contributed by atoms with E-state index in [2.05, 4.69) is 31.5 Å². The van der Waals surface area contributed by atoms with Crippen molar-refractivity contribution in [1.82, 2.24) is 4.98 Å². The lowest BCUT2D eigenvalue weighted by Gasteiger charge is -2.12. The molecule has 2 aromatic rings. The van der Waals surface area contributed by atoms with Gasteiger partial charge in [-0.1, -0.05) is 34.1 Å². The van der Waals surface area contributed by atoms with Gasteiger partial charge in [-0.15, -0.1) is 0 Å². The van der Waals surface area contributed by atoms with Gasteiger partial charge in [-0.2, -0.15) is 0 Å². The van der Waals surface area contributed by atoms with Crippen LogP contribution in [0.4, 0.5) is 11.5 Å². The minimum atomic E-state index is -0.0885. The summed E-state index contributed by atoms with van der Waals surface area (Å²) in [6.45, 7) is 1.64. The summed E-state index contributed by atoms with van der Waals surface area (Å²) < 4.78 is 6.51. The third kappa shape index (κ3) is 4.79. The summed E-state index contributed by atoms with van der Waals surface area (Å²) in [6, 6.07) is 11.4. The molecule has 2 N–H and O–H groups in total. The number of pyridine rings is 1. The Bertz CT molecular complexity index is 685. The van der Waals surface area contributed by atoms with E-state index in [0.717, 1.165) is 41.7 Å². The van der Waals surface area contributed by atoms with Gasteiger partial charge in [-0.25, -0.2) is 4.98 Å². The van der Waals surface area contributed by atoms with Gasteiger partial charge in [0, 0.05) is 17.6 Å². The third-order valence-electron chi connectivity index (χ3n) is 3.90. The molecule has 2 heterocycles. The number of hydrogen-bond donors (Lipinski definition) is 2. The smallest absolute Gasteiger partial charge is 0.229 e. The molecule has 0 aliphatic carbocycles. The Labute approximate surface area is 149 Å². The first-order chi connectivity index (χ1) is 11.7. The number of amides is 1. The molecule has 0 spiro atoms. The minimum Gasteiger partial charge on any atom is -0.381 e. The normalized spacial score (nSPS) is 16.8. The van der Waals surface area contributed by atoms with Crippen LogP contribution in [0.3, 0.4) is 0 Å². The lowest BCUT2D eigenvalue weighted by atomic mass is 10.1. The first-order valence-electron chi connectivity index (χ1n) is 8.05. The molecule has 1 aromatic carbocycles. The van der Waals surface area contributed by atoms with Crippen LogP contribution in [0.25, 0.3) is 0 Å². The molecule has 1 unspecified atom stereocenters. The number of carbonyl (C=O) groups excluding carboxylic acids is 1. The molecule has 1 amide bonds. The van der Waals surface area contributed by atoms with Crippen molar-refractivity contribution in [1.29, 1.82) is 0 Å². The zero-order valence-electron chi connectivity index (χ0n) is 13.3. The van der Waals surface area contributed by atoms with Gasteiger partial charge in [0.25, 0.3) is 0 Å². The van der Waals surface area contributed by atoms with Crippen LogP contribution in [0.1, 0.15) is 18.4 Å². The zero-order chi connectivity index (χ0) is 16.8. The topological polar surface area (TPSA) is 63.2 Å². The molecule has 0 radical (unpaired) electrons. The Morgan fingerprint density at radius 1 is 1.29 bits per heavy atom. The average molecular weight is 390 g/mol. The number of rotatable bonds is 6. The second-order valence-electron chi connectivity index (χ2n) is 5.76. The molecule has 1 aromatic heterocycles. The fourth-order valence-electron chi connectivity index (χ4n) is 2.61. The molecule has 0 bridgehead atoms. The van der Waals surface area contributed by atoms with Crippen molar-refractivity contribution in [2.75, 3.05) is 23.8 Å². The molecule has 3 rings (SSSR count). The highest BCUT2D eigenvalue weighted by molar-refractivity contribution is 9.10. The van der Waals surface area contributed by atoms with E-state index in [9.17, 15) is 4.79 Å². The van der Waals surface area contributed by atoms with Crippen molar-refractivity contribution in [2.24, 2.45) is 0 Å². The van der Waals surface area contributed by atoms with Crippen LogP contribution in [-0.2, 0) is 16.0 Å². The molecule has 24 heavy (non-hydrogen) atoms. The maximum Gasteiger partial charge on any atom is 0.229 e. The van der Waals surface area contributed by atoms with E-state index in [1.54, 1.807) is 12.3 Å². The summed E-state index contributed by atoms with van der Waals surface area (Å²) in [5, 5.41) is 6.13. The Morgan fingerprint density at radius 3 is 2.88 bits per heavy atom. The average Bonchev–Trinajstić information content (AvgIpc) is 3.10. The summed E-state index contributed by atoms with van der Waals surface area (Å²) in [5.74, 6) is 0.462. The van der Waals surface area contributed by atoms with Crippen molar-refractivity contribution < 1.29 is 9.53 Å². The molecule has 1 aliphatic heterocycles. The van der Waals surface area contributed by atoms with Crippen LogP contribution < -0.4 is 10.6 Å². The summed E-state index contributed by atoms with van der Waals surface area (Å²) in [7, 11) is 0. The Balaban J connectivity index is 1.50. The number of benzene rings is 1. The van der Waals surface area contributed by atoms with Crippen LogP contribution in [0, 0.1) is 0 Å². The second kappa shape index (κ2) is 8.26. The lowest BCUT2D eigenvalue weighted by molar-refractivity contribution is -0.115. The number of ether oxygens (including phenoxy) is 1. The molecule has 1 aliphatic rings. The maximum absolute atomic E-state index is 12.1. The van der Waals surface area contributed by atoms with Crippen LogP contribution >= 0.6 is 15.9 Å². The van der Waals surface area contributed by atoms with Crippen LogP contribution in [0.5, 0.6) is 0 Å².